The van der Waals surface area contributed by atoms with E-state index in [0.29, 0.717) is 38.5 Å². The molecule has 8 nitrogen and oxygen atoms in total. The Bertz CT molecular complexity index is 1370. The zero-order valence-electron chi connectivity index (χ0n) is 25.4. The number of nitrogens with two attached hydrogens (primary N) is 1. The smallest absolute Gasteiger partial charge is 0.309 e. The fourth-order valence-corrected chi connectivity index (χ4v) is 5.50. The van der Waals surface area contributed by atoms with Crippen molar-refractivity contribution in [3.63, 3.8) is 0 Å². The van der Waals surface area contributed by atoms with Crippen molar-refractivity contribution in [3.8, 4) is 0 Å². The first-order valence-corrected chi connectivity index (χ1v) is 14.9. The fourth-order valence-electron chi connectivity index (χ4n) is 5.50. The lowest BCUT2D eigenvalue weighted by Gasteiger charge is -2.22. The number of rotatable bonds is 17. The lowest BCUT2D eigenvalue weighted by molar-refractivity contribution is -0.147. The molecule has 3 rings (SSSR count). The van der Waals surface area contributed by atoms with Gasteiger partial charge in [-0.3, -0.25) is 19.8 Å². The second-order valence-corrected chi connectivity index (χ2v) is 11.3. The van der Waals surface area contributed by atoms with Gasteiger partial charge in [-0.25, -0.2) is 0 Å². The molecule has 0 radical (unpaired) electrons. The second-order valence-electron chi connectivity index (χ2n) is 11.3. The van der Waals surface area contributed by atoms with E-state index in [4.69, 9.17) is 15.9 Å². The number of hydrogen-bond donors (Lipinski definition) is 4. The topological polar surface area (TPSA) is 138 Å². The van der Waals surface area contributed by atoms with E-state index in [1.165, 1.54) is 18.1 Å². The summed E-state index contributed by atoms with van der Waals surface area (Å²) in [6, 6.07) is 12.1. The molecular formula is C33H47ClN4O4. The molecule has 0 fully saturated rings. The van der Waals surface area contributed by atoms with Crippen LogP contribution in [0.25, 0.3) is 21.8 Å². The number of amidine groups is 1. The number of benzene rings is 2. The van der Waals surface area contributed by atoms with E-state index in [2.05, 4.69) is 47.6 Å². The number of carbonyl (C=O) groups excluding carboxylic acids is 3. The van der Waals surface area contributed by atoms with E-state index in [1.807, 2.05) is 19.9 Å². The molecular weight excluding hydrogens is 552 g/mol. The zero-order chi connectivity index (χ0) is 29.9. The number of methoxy groups -OCH3 is 1. The number of hydrogen-bond acceptors (Lipinski definition) is 5. The Hall–Kier alpha value is -3.39. The number of Topliss-reactive ketones (excluding diaryl/α,β-unsaturated/α-hetero) is 1. The summed E-state index contributed by atoms with van der Waals surface area (Å²) in [5.74, 6) is -1.53. The van der Waals surface area contributed by atoms with Crippen LogP contribution in [0.1, 0.15) is 83.3 Å². The SMILES string of the molecule is CCCc1ccc2[nH]c3ccc(CC(C)C(=O)N[C@H](CCCCC(=N)N)C(=O)C[C@@H](CCC)C(=O)OC)cc3c2c1.Cl. The van der Waals surface area contributed by atoms with Gasteiger partial charge in [0.1, 0.15) is 0 Å². The molecule has 2 aromatic carbocycles. The standard InChI is InChI=1S/C33H46N4O4.ClH/c1-5-9-22-13-15-27-25(18-22)26-19-23(14-16-28(26)36-27)17-21(3)32(39)37-29(11-7-8-12-31(34)35)30(38)20-24(10-6-2)33(40)41-4;/h13-16,18-19,21,24,29,36H,5-12,17,20H2,1-4H3,(H3,34,35)(H,37,39);1H/t21?,24-,29-;/m1./s1. The van der Waals surface area contributed by atoms with Crippen LogP contribution < -0.4 is 11.1 Å². The minimum atomic E-state index is -0.700. The number of amides is 1. The molecule has 0 aliphatic heterocycles. The summed E-state index contributed by atoms with van der Waals surface area (Å²) in [7, 11) is 1.33. The Labute approximate surface area is 255 Å². The summed E-state index contributed by atoms with van der Waals surface area (Å²) in [6.45, 7) is 6.01. The van der Waals surface area contributed by atoms with Gasteiger partial charge >= 0.3 is 5.97 Å². The predicted octanol–water partition coefficient (Wildman–Crippen LogP) is 6.40. The number of aryl methyl sites for hydroxylation is 1. The van der Waals surface area contributed by atoms with Crippen LogP contribution in [0.5, 0.6) is 0 Å². The monoisotopic (exact) mass is 598 g/mol. The third-order valence-corrected chi connectivity index (χ3v) is 7.77. The molecule has 0 spiro atoms. The van der Waals surface area contributed by atoms with Crippen molar-refractivity contribution < 1.29 is 19.1 Å². The molecule has 0 aliphatic carbocycles. The molecule has 0 saturated carbocycles. The van der Waals surface area contributed by atoms with Gasteiger partial charge in [0.2, 0.25) is 5.91 Å². The van der Waals surface area contributed by atoms with Gasteiger partial charge in [0.25, 0.3) is 0 Å². The number of ether oxygens (including phenoxy) is 1. The molecule has 230 valence electrons. The summed E-state index contributed by atoms with van der Waals surface area (Å²) in [6.07, 6.45) is 6.17. The third-order valence-electron chi connectivity index (χ3n) is 7.77. The summed E-state index contributed by atoms with van der Waals surface area (Å²) in [5, 5.41) is 12.8. The number of aromatic nitrogens is 1. The Kier molecular flexibility index (Phi) is 14.0. The van der Waals surface area contributed by atoms with Crippen molar-refractivity contribution in [3.05, 3.63) is 47.5 Å². The molecule has 1 amide bonds. The van der Waals surface area contributed by atoms with Crippen LogP contribution >= 0.6 is 12.4 Å². The van der Waals surface area contributed by atoms with Crippen LogP contribution in [-0.2, 0) is 32.0 Å². The summed E-state index contributed by atoms with van der Waals surface area (Å²) in [5.41, 5.74) is 10.0. The van der Waals surface area contributed by atoms with Gasteiger partial charge in [-0.05, 0) is 67.5 Å². The first-order chi connectivity index (χ1) is 19.7. The fraction of sp³-hybridized carbons (Fsp3) is 0.515. The molecule has 1 heterocycles. The summed E-state index contributed by atoms with van der Waals surface area (Å²) in [4.78, 5) is 42.4. The predicted molar refractivity (Wildman–Crippen MR) is 172 cm³/mol. The van der Waals surface area contributed by atoms with Crippen molar-refractivity contribution >= 4 is 57.7 Å². The van der Waals surface area contributed by atoms with Gasteiger partial charge in [-0.15, -0.1) is 12.4 Å². The first-order valence-electron chi connectivity index (χ1n) is 14.9. The van der Waals surface area contributed by atoms with Gasteiger partial charge in [0, 0.05) is 40.6 Å². The number of esters is 1. The highest BCUT2D eigenvalue weighted by Gasteiger charge is 2.28. The highest BCUT2D eigenvalue weighted by Crippen LogP contribution is 2.28. The van der Waals surface area contributed by atoms with Gasteiger partial charge in [0.05, 0.1) is 24.9 Å². The molecule has 3 atom stereocenters. The molecule has 1 aromatic heterocycles. The largest absolute Gasteiger partial charge is 0.469 e. The minimum Gasteiger partial charge on any atom is -0.469 e. The zero-order valence-corrected chi connectivity index (χ0v) is 26.2. The van der Waals surface area contributed by atoms with E-state index >= 15 is 0 Å². The maximum absolute atomic E-state index is 13.3. The summed E-state index contributed by atoms with van der Waals surface area (Å²) < 4.78 is 4.91. The van der Waals surface area contributed by atoms with E-state index in [-0.39, 0.29) is 42.3 Å². The first kappa shape index (κ1) is 34.8. The number of halogens is 1. The van der Waals surface area contributed by atoms with Crippen molar-refractivity contribution in [2.75, 3.05) is 7.11 Å². The Morgan fingerprint density at radius 3 is 2.21 bits per heavy atom. The molecule has 9 heteroatoms. The molecule has 42 heavy (non-hydrogen) atoms. The number of ketones is 1. The van der Waals surface area contributed by atoms with Gasteiger partial charge in [0.15, 0.2) is 5.78 Å². The number of aromatic amines is 1. The third kappa shape index (κ3) is 9.58. The van der Waals surface area contributed by atoms with E-state index < -0.39 is 17.9 Å². The number of unbranched alkanes of at least 4 members (excludes halogenated alkanes) is 1. The van der Waals surface area contributed by atoms with Crippen LogP contribution in [0.15, 0.2) is 36.4 Å². The van der Waals surface area contributed by atoms with Crippen LogP contribution in [0.4, 0.5) is 0 Å². The molecule has 0 bridgehead atoms. The highest BCUT2D eigenvalue weighted by atomic mass is 35.5. The van der Waals surface area contributed by atoms with Crippen molar-refractivity contribution in [2.45, 2.75) is 91.0 Å². The van der Waals surface area contributed by atoms with E-state index in [9.17, 15) is 14.4 Å². The van der Waals surface area contributed by atoms with Crippen LogP contribution in [0.3, 0.4) is 0 Å². The lowest BCUT2D eigenvalue weighted by Crippen LogP contribution is -2.44. The second kappa shape index (κ2) is 16.9. The van der Waals surface area contributed by atoms with Crippen LogP contribution in [-0.4, -0.2) is 41.6 Å². The van der Waals surface area contributed by atoms with E-state index in [0.717, 1.165) is 41.2 Å². The van der Waals surface area contributed by atoms with Gasteiger partial charge in [-0.1, -0.05) is 52.2 Å². The summed E-state index contributed by atoms with van der Waals surface area (Å²) >= 11 is 0. The molecule has 5 N–H and O–H groups in total. The average molecular weight is 599 g/mol. The van der Waals surface area contributed by atoms with Crippen LogP contribution in [0.2, 0.25) is 0 Å². The Balaban J connectivity index is 0.00000616. The Morgan fingerprint density at radius 2 is 1.62 bits per heavy atom. The van der Waals surface area contributed by atoms with E-state index in [1.54, 1.807) is 0 Å². The quantitative estimate of drug-likeness (QED) is 0.0616. The van der Waals surface area contributed by atoms with Crippen molar-refractivity contribution in [2.24, 2.45) is 17.6 Å². The number of carbonyl (C=O) groups is 3. The number of nitrogens with one attached hydrogen (secondary N) is 3. The van der Waals surface area contributed by atoms with Crippen molar-refractivity contribution in [1.29, 1.82) is 5.41 Å². The maximum atomic E-state index is 13.3. The lowest BCUT2D eigenvalue weighted by atomic mass is 9.91. The van der Waals surface area contributed by atoms with Crippen LogP contribution in [0, 0.1) is 17.2 Å². The Morgan fingerprint density at radius 1 is 0.976 bits per heavy atom. The molecule has 0 saturated heterocycles. The number of H-pyrrole nitrogens is 1. The molecule has 0 aliphatic rings. The van der Waals surface area contributed by atoms with Gasteiger partial charge in [-0.2, -0.15) is 0 Å². The highest BCUT2D eigenvalue weighted by molar-refractivity contribution is 6.07. The molecule has 1 unspecified atom stereocenters. The molecule has 3 aromatic rings. The average Bonchev–Trinajstić information content (AvgIpc) is 3.31. The van der Waals surface area contributed by atoms with Crippen molar-refractivity contribution in [1.82, 2.24) is 10.3 Å². The number of fused-ring (bicyclic) bond motifs is 3. The van der Waals surface area contributed by atoms with Gasteiger partial charge < -0.3 is 20.8 Å². The minimum absolute atomic E-state index is 0. The maximum Gasteiger partial charge on any atom is 0.309 e. The normalized spacial score (nSPS) is 13.2.